The number of aliphatic hydroxyl groups excluding tert-OH is 1. The molecule has 212 valence electrons. The number of rotatable bonds is 8. The SMILES string of the molecule is CC(OC(N)=O)c1nc(Cn2nc(-c3ccc(Cl)cc3)n(C[C@H](O)C(F)(F)F)c2=O)nn1-c1c(F)cccc1Cl. The lowest BCUT2D eigenvalue weighted by Gasteiger charge is -2.15. The molecule has 2 aromatic heterocycles. The number of para-hydroxylation sites is 1. The van der Waals surface area contributed by atoms with Crippen LogP contribution in [0, 0.1) is 5.82 Å². The maximum Gasteiger partial charge on any atom is 0.416 e. The fraction of sp³-hybridized carbons (Fsp3) is 0.261. The standard InChI is InChI=1S/C23H19Cl2F4N7O4/c1-11(40-21(30)38)19-31-17(32-36(19)18-14(25)3-2-4-15(18)26)10-35-22(39)34(9-16(37)23(27,28)29)20(33-35)12-5-7-13(24)8-6-12/h2-8,11,16,37H,9-10H2,1H3,(H2,30,38)/t11?,16-/m0/s1. The van der Waals surface area contributed by atoms with Crippen LogP contribution in [-0.2, 0) is 17.8 Å². The molecule has 0 bridgehead atoms. The lowest BCUT2D eigenvalue weighted by molar-refractivity contribution is -0.207. The molecule has 0 saturated heterocycles. The molecular weight excluding hydrogens is 585 g/mol. The number of hydrogen-bond acceptors (Lipinski definition) is 7. The van der Waals surface area contributed by atoms with E-state index in [-0.39, 0.29) is 33.7 Å². The fourth-order valence-electron chi connectivity index (χ4n) is 3.71. The van der Waals surface area contributed by atoms with E-state index in [1.165, 1.54) is 43.3 Å². The van der Waals surface area contributed by atoms with E-state index >= 15 is 0 Å². The normalized spacial score (nSPS) is 13.3. The number of aliphatic hydroxyl groups is 1. The molecule has 0 aliphatic rings. The molecule has 1 unspecified atom stereocenters. The maximum atomic E-state index is 14.7. The van der Waals surface area contributed by atoms with Gasteiger partial charge >= 0.3 is 18.0 Å². The van der Waals surface area contributed by atoms with Crippen molar-refractivity contribution in [3.63, 3.8) is 0 Å². The Hall–Kier alpha value is -3.95. The number of nitrogens with zero attached hydrogens (tertiary/aromatic N) is 6. The largest absolute Gasteiger partial charge is 0.438 e. The van der Waals surface area contributed by atoms with Gasteiger partial charge in [0.2, 0.25) is 0 Å². The molecule has 0 fully saturated rings. The summed E-state index contributed by atoms with van der Waals surface area (Å²) >= 11 is 12.1. The second kappa shape index (κ2) is 11.3. The van der Waals surface area contributed by atoms with Crippen LogP contribution in [0.2, 0.25) is 10.0 Å². The first-order valence-electron chi connectivity index (χ1n) is 11.3. The Kier molecular flexibility index (Phi) is 8.18. The van der Waals surface area contributed by atoms with Gasteiger partial charge in [0.25, 0.3) is 0 Å². The Balaban J connectivity index is 1.82. The maximum absolute atomic E-state index is 14.7. The number of halogens is 6. The summed E-state index contributed by atoms with van der Waals surface area (Å²) in [5.74, 6) is -1.30. The molecule has 0 radical (unpaired) electrons. The lowest BCUT2D eigenvalue weighted by atomic mass is 10.2. The molecule has 2 heterocycles. The quantitative estimate of drug-likeness (QED) is 0.291. The van der Waals surface area contributed by atoms with Gasteiger partial charge in [0.15, 0.2) is 29.7 Å². The zero-order valence-electron chi connectivity index (χ0n) is 20.3. The average molecular weight is 604 g/mol. The summed E-state index contributed by atoms with van der Waals surface area (Å²) in [6, 6.07) is 9.57. The summed E-state index contributed by atoms with van der Waals surface area (Å²) < 4.78 is 61.4. The smallest absolute Gasteiger partial charge is 0.416 e. The van der Waals surface area contributed by atoms with Crippen LogP contribution in [0.15, 0.2) is 47.3 Å². The highest BCUT2D eigenvalue weighted by molar-refractivity contribution is 6.32. The van der Waals surface area contributed by atoms with E-state index in [2.05, 4.69) is 15.2 Å². The van der Waals surface area contributed by atoms with Crippen molar-refractivity contribution >= 4 is 29.3 Å². The first kappa shape index (κ1) is 29.0. The van der Waals surface area contributed by atoms with Crippen LogP contribution in [-0.4, -0.2) is 52.6 Å². The van der Waals surface area contributed by atoms with Crippen molar-refractivity contribution in [2.45, 2.75) is 38.4 Å². The van der Waals surface area contributed by atoms with Crippen LogP contribution in [0.25, 0.3) is 17.1 Å². The average Bonchev–Trinajstić information content (AvgIpc) is 3.40. The van der Waals surface area contributed by atoms with Gasteiger partial charge in [0.1, 0.15) is 18.0 Å². The molecule has 4 aromatic rings. The Labute approximate surface area is 232 Å². The van der Waals surface area contributed by atoms with E-state index in [4.69, 9.17) is 33.7 Å². The van der Waals surface area contributed by atoms with Crippen molar-refractivity contribution in [3.8, 4) is 17.1 Å². The minimum absolute atomic E-state index is 0.0726. The van der Waals surface area contributed by atoms with Gasteiger partial charge < -0.3 is 15.6 Å². The van der Waals surface area contributed by atoms with Crippen molar-refractivity contribution in [2.75, 3.05) is 0 Å². The van der Waals surface area contributed by atoms with Gasteiger partial charge in [-0.1, -0.05) is 29.3 Å². The molecule has 3 N–H and O–H groups in total. The van der Waals surface area contributed by atoms with Gasteiger partial charge in [-0.15, -0.1) is 10.2 Å². The van der Waals surface area contributed by atoms with E-state index in [0.29, 0.717) is 9.59 Å². The third kappa shape index (κ3) is 6.11. The number of aromatic nitrogens is 6. The highest BCUT2D eigenvalue weighted by atomic mass is 35.5. The third-order valence-corrected chi connectivity index (χ3v) is 6.09. The topological polar surface area (TPSA) is 143 Å². The number of amides is 1. The lowest BCUT2D eigenvalue weighted by Crippen LogP contribution is -2.37. The first-order chi connectivity index (χ1) is 18.8. The van der Waals surface area contributed by atoms with Crippen molar-refractivity contribution in [2.24, 2.45) is 5.73 Å². The van der Waals surface area contributed by atoms with Gasteiger partial charge in [-0.25, -0.2) is 28.3 Å². The Morgan fingerprint density at radius 3 is 2.42 bits per heavy atom. The summed E-state index contributed by atoms with van der Waals surface area (Å²) in [6.45, 7) is -0.284. The summed E-state index contributed by atoms with van der Waals surface area (Å²) in [7, 11) is 0. The minimum atomic E-state index is -5.01. The highest BCUT2D eigenvalue weighted by Gasteiger charge is 2.39. The zero-order valence-corrected chi connectivity index (χ0v) is 21.8. The van der Waals surface area contributed by atoms with Crippen molar-refractivity contribution in [3.05, 3.63) is 80.5 Å². The zero-order chi connectivity index (χ0) is 29.4. The molecule has 40 heavy (non-hydrogen) atoms. The summed E-state index contributed by atoms with van der Waals surface area (Å²) in [5.41, 5.74) is 4.05. The predicted molar refractivity (Wildman–Crippen MR) is 134 cm³/mol. The van der Waals surface area contributed by atoms with E-state index < -0.39 is 49.1 Å². The van der Waals surface area contributed by atoms with Crippen LogP contribution < -0.4 is 11.4 Å². The molecule has 11 nitrogen and oxygen atoms in total. The molecule has 4 rings (SSSR count). The number of alkyl halides is 3. The van der Waals surface area contributed by atoms with Crippen molar-refractivity contribution in [1.82, 2.24) is 29.1 Å². The second-order valence-electron chi connectivity index (χ2n) is 8.39. The van der Waals surface area contributed by atoms with Crippen LogP contribution in [0.5, 0.6) is 0 Å². The van der Waals surface area contributed by atoms with Gasteiger partial charge in [0, 0.05) is 10.6 Å². The molecule has 0 aliphatic carbocycles. The fourth-order valence-corrected chi connectivity index (χ4v) is 4.08. The van der Waals surface area contributed by atoms with E-state index in [9.17, 15) is 32.3 Å². The first-order valence-corrected chi connectivity index (χ1v) is 12.1. The van der Waals surface area contributed by atoms with Gasteiger partial charge in [0.05, 0.1) is 11.6 Å². The Morgan fingerprint density at radius 1 is 1.15 bits per heavy atom. The number of carbonyl (C=O) groups excluding carboxylic acids is 1. The van der Waals surface area contributed by atoms with E-state index in [1.54, 1.807) is 0 Å². The van der Waals surface area contributed by atoms with Crippen molar-refractivity contribution < 1.29 is 32.2 Å². The summed E-state index contributed by atoms with van der Waals surface area (Å²) in [6.07, 6.45) is -10.2. The molecular formula is C23H19Cl2F4N7O4. The number of carbonyl (C=O) groups is 1. The van der Waals surface area contributed by atoms with Crippen LogP contribution in [0.4, 0.5) is 22.4 Å². The molecule has 17 heteroatoms. The van der Waals surface area contributed by atoms with Crippen LogP contribution in [0.1, 0.15) is 24.7 Å². The molecule has 2 atom stereocenters. The Bertz CT molecular complexity index is 1580. The third-order valence-electron chi connectivity index (χ3n) is 5.53. The number of primary amides is 1. The minimum Gasteiger partial charge on any atom is -0.438 e. The van der Waals surface area contributed by atoms with E-state index in [1.807, 2.05) is 0 Å². The van der Waals surface area contributed by atoms with Crippen LogP contribution >= 0.6 is 23.2 Å². The number of benzene rings is 2. The second-order valence-corrected chi connectivity index (χ2v) is 9.23. The molecule has 1 amide bonds. The van der Waals surface area contributed by atoms with Gasteiger partial charge in [-0.05, 0) is 43.3 Å². The number of ether oxygens (including phenoxy) is 1. The summed E-state index contributed by atoms with van der Waals surface area (Å²) in [5, 5.41) is 18.2. The summed E-state index contributed by atoms with van der Waals surface area (Å²) in [4.78, 5) is 28.7. The van der Waals surface area contributed by atoms with Gasteiger partial charge in [-0.2, -0.15) is 13.2 Å². The highest BCUT2D eigenvalue weighted by Crippen LogP contribution is 2.28. The monoisotopic (exact) mass is 603 g/mol. The van der Waals surface area contributed by atoms with Crippen LogP contribution in [0.3, 0.4) is 0 Å². The molecule has 0 aliphatic heterocycles. The van der Waals surface area contributed by atoms with Crippen molar-refractivity contribution in [1.29, 1.82) is 0 Å². The molecule has 0 saturated carbocycles. The predicted octanol–water partition coefficient (Wildman–Crippen LogP) is 3.87. The Morgan fingerprint density at radius 2 is 1.82 bits per heavy atom. The molecule has 0 spiro atoms. The molecule has 2 aromatic carbocycles. The van der Waals surface area contributed by atoms with E-state index in [0.717, 1.165) is 15.4 Å². The number of hydrogen-bond donors (Lipinski definition) is 2. The number of nitrogens with two attached hydrogens (primary N) is 1. The van der Waals surface area contributed by atoms with Gasteiger partial charge in [-0.3, -0.25) is 4.57 Å².